The summed E-state index contributed by atoms with van der Waals surface area (Å²) in [4.78, 5) is 63.7. The number of phenolic OH excluding ortho intramolecular Hbond substituents is 3. The number of carbonyl (C=O) groups excluding carboxylic acids is 4. The Morgan fingerprint density at radius 3 is 1.43 bits per heavy atom. The van der Waals surface area contributed by atoms with Gasteiger partial charge in [0.05, 0.1) is 122 Å². The number of benzene rings is 6. The first-order valence-electron chi connectivity index (χ1n) is 47.0. The van der Waals surface area contributed by atoms with E-state index in [1.165, 1.54) is 57.2 Å². The number of aliphatic hydroxyl groups is 6. The fraction of sp³-hybridized carbons (Fsp3) is 0.454. The van der Waals surface area contributed by atoms with Crippen molar-refractivity contribution in [3.63, 3.8) is 0 Å². The van der Waals surface area contributed by atoms with Crippen LogP contribution in [0, 0.1) is 50.4 Å². The molecule has 10 aromatic rings. The Labute approximate surface area is 888 Å². The Kier molecular flexibility index (Phi) is 54.7. The van der Waals surface area contributed by atoms with Gasteiger partial charge in [-0.15, -0.1) is 0 Å². The number of hydrazine groups is 2. The minimum absolute atomic E-state index is 0. The fourth-order valence-electron chi connectivity index (χ4n) is 14.9. The van der Waals surface area contributed by atoms with Crippen molar-refractivity contribution in [2.75, 3.05) is 46.0 Å². The molecular formula is C97H124BrF7N17NaO27. The molecule has 0 saturated heterocycles. The van der Waals surface area contributed by atoms with Crippen molar-refractivity contribution in [3.8, 4) is 34.5 Å². The van der Waals surface area contributed by atoms with E-state index in [9.17, 15) is 121 Å². The largest absolute Gasteiger partial charge is 1.00 e. The van der Waals surface area contributed by atoms with Crippen molar-refractivity contribution in [3.05, 3.63) is 227 Å². The number of carbonyl (C=O) groups is 5. The molecule has 53 heteroatoms. The van der Waals surface area contributed by atoms with E-state index in [1.54, 1.807) is 136 Å². The van der Waals surface area contributed by atoms with Gasteiger partial charge in [0.1, 0.15) is 77.5 Å². The number of aromatic nitrogens is 8. The number of aliphatic carboxylic acids is 1. The van der Waals surface area contributed by atoms with E-state index in [4.69, 9.17) is 26.4 Å². The van der Waals surface area contributed by atoms with Crippen molar-refractivity contribution < 1.29 is 190 Å². The Morgan fingerprint density at radius 1 is 0.580 bits per heavy atom. The zero-order valence-corrected chi connectivity index (χ0v) is 86.8. The number of nitrogens with one attached hydrogen (secondary N) is 2. The smallest absolute Gasteiger partial charge is 0.737 e. The first-order valence-corrected chi connectivity index (χ1v) is 47.4. The number of allylic oxidation sites excluding steroid dienone is 4. The number of alkyl halides is 8. The third-order valence-corrected chi connectivity index (χ3v) is 21.9. The monoisotopic (exact) mass is 2190 g/mol. The molecule has 0 amide bonds. The SMILES string of the molecule is CC(=O)OCBr.CC(=O)OCO/N=[N+](\[O-])C[C@@H](C)Cn1ncc2ccc(OC(=O)CCC/C=C\C[C@@H]3[C@@H](/C=C/[C@@H](O)COc4cccc(C(F)(F)F)c4)[C@H](O)C[C@@H]3O)cc21.CC(=O)OCON[N+]([O-])=N[C@@H](C)Cn1ncc2ccc(O)cc21.C[C@@H](Cn1ncc2ccc(O)cc21)N/[N+]([O-])=N/[O-].C[C@H](N)Cn1ncc2ccc(O)cc21.O=C(O)CCC/C=C\C[C@@H]1[C@@H](/C=C/[C@@H](O)COc2cccc(C(F)(F)F)c2)[C@H](O)C[C@@H]1O.[2H]CF.[Na+]. The number of hydroxylamine groups is 1. The minimum atomic E-state index is -4.52. The Bertz CT molecular complexity index is 6080. The second-order valence-corrected chi connectivity index (χ2v) is 34.5. The van der Waals surface area contributed by atoms with E-state index in [0.29, 0.717) is 86.3 Å². The zero-order valence-electron chi connectivity index (χ0n) is 84.2. The first kappa shape index (κ1) is 125. The number of carboxylic acids is 1. The molecule has 0 aliphatic heterocycles. The van der Waals surface area contributed by atoms with Crippen molar-refractivity contribution in [2.24, 2.45) is 51.0 Å². The Hall–Kier alpha value is -13.4. The molecule has 2 aliphatic carbocycles. The van der Waals surface area contributed by atoms with Crippen LogP contribution in [0.3, 0.4) is 0 Å². The van der Waals surface area contributed by atoms with Crippen molar-refractivity contribution in [2.45, 2.75) is 206 Å². The van der Waals surface area contributed by atoms with Gasteiger partial charge >= 0.3 is 71.8 Å². The molecule has 0 spiro atoms. The van der Waals surface area contributed by atoms with E-state index < -0.39 is 123 Å². The quantitative estimate of drug-likeness (QED) is 0.00137. The summed E-state index contributed by atoms with van der Waals surface area (Å²) < 4.78 is 129. The Balaban J connectivity index is 0.000000349. The van der Waals surface area contributed by atoms with Crippen LogP contribution < -0.4 is 60.5 Å². The average Bonchev–Trinajstić information content (AvgIpc) is 1.69. The molecule has 14 atom stereocenters. The summed E-state index contributed by atoms with van der Waals surface area (Å²) in [7, 11) is -1.00. The van der Waals surface area contributed by atoms with Gasteiger partial charge in [0.2, 0.25) is 12.1 Å². The van der Waals surface area contributed by atoms with Gasteiger partial charge in [-0.25, -0.2) is 0 Å². The number of fused-ring (bicyclic) bond motifs is 4. The van der Waals surface area contributed by atoms with Gasteiger partial charge in [-0.05, 0) is 183 Å². The van der Waals surface area contributed by atoms with Gasteiger partial charge in [-0.3, -0.25) is 47.1 Å². The van der Waals surface area contributed by atoms with E-state index in [-0.39, 0.29) is 149 Å². The molecule has 2 saturated carbocycles. The van der Waals surface area contributed by atoms with E-state index in [1.807, 2.05) is 49.8 Å². The summed E-state index contributed by atoms with van der Waals surface area (Å²) in [5, 5.41) is 173. The number of esters is 4. The molecule has 4 aromatic heterocycles. The molecule has 0 unspecified atom stereocenters. The van der Waals surface area contributed by atoms with Crippen LogP contribution in [-0.2, 0) is 86.4 Å². The summed E-state index contributed by atoms with van der Waals surface area (Å²) in [6.07, 6.45) is 9.53. The number of ether oxygens (including phenoxy) is 6. The summed E-state index contributed by atoms with van der Waals surface area (Å²) in [6.45, 7) is 11.2. The second kappa shape index (κ2) is 65.5. The molecule has 2 aliphatic rings. The molecule has 14 N–H and O–H groups in total. The van der Waals surface area contributed by atoms with Gasteiger partial charge in [-0.2, -0.15) is 57.0 Å². The van der Waals surface area contributed by atoms with Crippen LogP contribution in [-0.4, -0.2) is 236 Å². The maximum atomic E-state index is 12.9. The van der Waals surface area contributed by atoms with Crippen LogP contribution >= 0.6 is 15.9 Å². The number of nitrogens with zero attached hydrogens (tertiary/aromatic N) is 14. The number of hydrogen-bond donors (Lipinski definition) is 13. The average molecular weight is 2200 g/mol. The van der Waals surface area contributed by atoms with Gasteiger partial charge < -0.3 is 111 Å². The molecule has 0 radical (unpaired) electrons. The van der Waals surface area contributed by atoms with Gasteiger partial charge in [0.25, 0.3) is 6.79 Å². The van der Waals surface area contributed by atoms with Gasteiger partial charge in [0.15, 0.2) is 6.54 Å². The molecule has 2 fully saturated rings. The maximum Gasteiger partial charge on any atom is 1.00 e. The normalized spacial score (nSPS) is 18.0. The minimum Gasteiger partial charge on any atom is -0.737 e. The van der Waals surface area contributed by atoms with Crippen molar-refractivity contribution >= 4 is 89.4 Å². The second-order valence-electron chi connectivity index (χ2n) is 34.1. The standard InChI is InChI=1S/C37H45F3N4O10.C23H29F3O6.C13H17N5O5.C10H13N5O3.C10H13N3O.C3H5BrO2.CH3F.Na/c1-24(21-44(50)42-53-23-52-25(2)45)20-43-33-17-30(14-12-26(33)19-41-43)54-36(49)11-6-4-3-5-10-31-32(35(48)18-34(31)47)15-13-28(46)22-51-29-9-7-8-27(16-29)37(38,39)40;24-23(25,26)15-6-5-7-17(12-15)32-14-16(27)10-11-19-18(20(28)13-21(19)29)8-3-1-2-4-9-22(30)31;1-9(15-18(21)16-23-8-22-10(2)19)7-17-13-5-12(20)4-3-11(13)6-14-17;1-7(12-15(18)13-17)6-14-10-4-9(16)3-2-8(10)5-11-14;1-7(11)6-13-10-4-9(14)3-2-8(10)5-12-13;1-3(5)6-2-4;1-2;/h3,5,7-9,12-17,19,24,28,31-32,34-35,46-48H,4,6,10-11,18,20-23H2,1-2H3;1,3,5-7,10-12,16,18-21,27-29H,2,4,8-9,13-14H2,(H,30,31);3-6,9,20H,7-8H2,1-2H3,(H,15,16);2-5,7,16-17H,6H2,1H3,(H,12,13);2-5,7,14H,6,11H2,1H3;2H2,1H3;1H3;/q;;;;;;;+1/p-1/b5-3-,15-13+,44-42-;3-1-,11-10+;;;;;;/t24-,28+,31+,32+,34-,35+;16-,18-,19-,20+,21-;9-;2*7-;;;/m01000.../s1/i;;;;;;1D;. The molecule has 816 valence electrons. The van der Waals surface area contributed by atoms with Gasteiger partial charge in [0, 0.05) is 126 Å². The number of rotatable bonds is 44. The molecular weight excluding hydrogens is 2070 g/mol. The Morgan fingerprint density at radius 2 is 1.01 bits per heavy atom. The predicted octanol–water partition coefficient (Wildman–Crippen LogP) is 10.8. The molecule has 150 heavy (non-hydrogen) atoms. The third kappa shape index (κ3) is 46.4. The van der Waals surface area contributed by atoms with Crippen LogP contribution in [0.25, 0.3) is 43.6 Å². The number of halogens is 8. The van der Waals surface area contributed by atoms with Crippen LogP contribution in [0.15, 0.2) is 210 Å². The summed E-state index contributed by atoms with van der Waals surface area (Å²) in [5.41, 5.74) is 11.7. The van der Waals surface area contributed by atoms with Crippen LogP contribution in [0.5, 0.6) is 34.5 Å². The van der Waals surface area contributed by atoms with E-state index >= 15 is 0 Å². The summed E-state index contributed by atoms with van der Waals surface area (Å²) in [5.74, 6) is -3.46. The number of carboxylic acid groups (broad SMARTS) is 1. The molecule has 44 nitrogen and oxygen atoms in total. The van der Waals surface area contributed by atoms with Crippen LogP contribution in [0.4, 0.5) is 30.7 Å². The first-order chi connectivity index (χ1) is 71.2. The predicted molar refractivity (Wildman–Crippen MR) is 526 cm³/mol. The van der Waals surface area contributed by atoms with Gasteiger partial charge in [-0.1, -0.05) is 72.5 Å². The topological polar surface area (TPSA) is 621 Å². The zero-order chi connectivity index (χ0) is 111. The van der Waals surface area contributed by atoms with E-state index in [2.05, 4.69) is 81.3 Å². The van der Waals surface area contributed by atoms with Crippen LogP contribution in [0.1, 0.15) is 125 Å². The fourth-order valence-corrected chi connectivity index (χ4v) is 15.2. The maximum absolute atomic E-state index is 12.9. The summed E-state index contributed by atoms with van der Waals surface area (Å²) >= 11 is 2.91. The molecule has 6 aromatic carbocycles. The number of aromatic hydroxyl groups is 3. The molecule has 12 rings (SSSR count). The molecule has 4 heterocycles. The van der Waals surface area contributed by atoms with Crippen molar-refractivity contribution in [1.82, 2.24) is 50.1 Å². The summed E-state index contributed by atoms with van der Waals surface area (Å²) in [6, 6.07) is 28.2. The van der Waals surface area contributed by atoms with E-state index in [0.717, 1.165) is 62.4 Å². The number of unbranched alkanes of at least 4 members (excludes halogenated alkanes) is 2. The number of phenols is 3. The molecule has 0 bridgehead atoms. The third-order valence-electron chi connectivity index (χ3n) is 21.7. The van der Waals surface area contributed by atoms with Crippen LogP contribution in [0.2, 0.25) is 0 Å². The van der Waals surface area contributed by atoms with Crippen molar-refractivity contribution in [1.29, 1.82) is 0 Å². The number of aliphatic hydroxyl groups excluding tert-OH is 6. The number of hydrogen-bond acceptors (Lipinski definition) is 34. The number of nitrogens with two attached hydrogens (primary N) is 1.